The van der Waals surface area contributed by atoms with Gasteiger partial charge < -0.3 is 5.32 Å². The van der Waals surface area contributed by atoms with Gasteiger partial charge in [0.05, 0.1) is 11.8 Å². The fourth-order valence-electron chi connectivity index (χ4n) is 3.23. The van der Waals surface area contributed by atoms with Crippen LogP contribution in [0, 0.1) is 11.7 Å². The molecule has 2 aromatic heterocycles. The molecule has 24 heavy (non-hydrogen) atoms. The van der Waals surface area contributed by atoms with Gasteiger partial charge in [-0.3, -0.25) is 14.3 Å². The lowest BCUT2D eigenvalue weighted by atomic mass is 9.82. The van der Waals surface area contributed by atoms with E-state index in [1.165, 1.54) is 16.8 Å². The van der Waals surface area contributed by atoms with Gasteiger partial charge in [-0.25, -0.2) is 14.3 Å². The van der Waals surface area contributed by atoms with Crippen molar-refractivity contribution in [3.63, 3.8) is 0 Å². The predicted octanol–water partition coefficient (Wildman–Crippen LogP) is 1.17. The molecule has 1 aliphatic rings. The first-order valence-corrected chi connectivity index (χ1v) is 8.06. The van der Waals surface area contributed by atoms with Crippen molar-refractivity contribution in [3.05, 3.63) is 46.1 Å². The van der Waals surface area contributed by atoms with Gasteiger partial charge in [-0.2, -0.15) is 5.10 Å². The number of nitrogens with zero attached hydrogens (tertiary/aromatic N) is 3. The van der Waals surface area contributed by atoms with Crippen molar-refractivity contribution >= 4 is 5.91 Å². The molecule has 0 aromatic carbocycles. The minimum absolute atomic E-state index is 0.0266. The number of hydrogen-bond donors (Lipinski definition) is 2. The fourth-order valence-corrected chi connectivity index (χ4v) is 3.23. The van der Waals surface area contributed by atoms with Crippen LogP contribution in [-0.4, -0.2) is 31.7 Å². The summed E-state index contributed by atoms with van der Waals surface area (Å²) >= 11 is 0. The molecule has 2 N–H and O–H groups in total. The second-order valence-corrected chi connectivity index (χ2v) is 6.22. The van der Waals surface area contributed by atoms with Crippen LogP contribution in [0.3, 0.4) is 0 Å². The zero-order chi connectivity index (χ0) is 17.1. The normalized spacial score (nSPS) is 20.8. The Morgan fingerprint density at radius 1 is 1.42 bits per heavy atom. The molecule has 0 radical (unpaired) electrons. The fraction of sp³-hybridized carbons (Fsp3) is 0.500. The van der Waals surface area contributed by atoms with E-state index in [-0.39, 0.29) is 29.1 Å². The highest BCUT2D eigenvalue weighted by atomic mass is 19.1. The van der Waals surface area contributed by atoms with Crippen molar-refractivity contribution in [2.45, 2.75) is 38.1 Å². The van der Waals surface area contributed by atoms with Gasteiger partial charge in [0.1, 0.15) is 11.6 Å². The van der Waals surface area contributed by atoms with Crippen molar-refractivity contribution in [1.82, 2.24) is 25.1 Å². The summed E-state index contributed by atoms with van der Waals surface area (Å²) in [5, 5.41) is 9.47. The summed E-state index contributed by atoms with van der Waals surface area (Å²) in [6.07, 6.45) is 6.96. The lowest BCUT2D eigenvalue weighted by molar-refractivity contribution is 0.0904. The van der Waals surface area contributed by atoms with E-state index in [2.05, 4.69) is 20.5 Å². The molecule has 2 heterocycles. The highest BCUT2D eigenvalue weighted by molar-refractivity contribution is 5.94. The molecule has 0 bridgehead atoms. The molecule has 8 heteroatoms. The van der Waals surface area contributed by atoms with Gasteiger partial charge in [0, 0.05) is 25.7 Å². The summed E-state index contributed by atoms with van der Waals surface area (Å²) in [4.78, 5) is 27.5. The Hall–Kier alpha value is -2.51. The number of halogens is 1. The van der Waals surface area contributed by atoms with Gasteiger partial charge in [-0.05, 0) is 24.8 Å². The van der Waals surface area contributed by atoms with Gasteiger partial charge in [-0.1, -0.05) is 12.8 Å². The molecule has 0 aliphatic heterocycles. The standard InChI is InChI=1S/C16H20FN5O2/c1-22-14(20-21-16(22)24)7-10-4-2-3-5-13(10)19-15(23)11-6-12(17)9-18-8-11/h6,8-10,13H,2-5,7H2,1H3,(H,19,23)(H,21,24)/t10-,13-/m1/s1. The van der Waals surface area contributed by atoms with E-state index in [1.54, 1.807) is 7.05 Å². The molecule has 1 fully saturated rings. The molecule has 128 valence electrons. The number of aromatic amines is 1. The SMILES string of the molecule is Cn1c(C[C@H]2CCCC[C@H]2NC(=O)c2cncc(F)c2)n[nH]c1=O. The predicted molar refractivity (Wildman–Crippen MR) is 84.9 cm³/mol. The highest BCUT2D eigenvalue weighted by Crippen LogP contribution is 2.27. The lowest BCUT2D eigenvalue weighted by Gasteiger charge is -2.32. The molecule has 3 rings (SSSR count). The van der Waals surface area contributed by atoms with Crippen LogP contribution in [0.15, 0.2) is 23.3 Å². The van der Waals surface area contributed by atoms with Crippen LogP contribution in [0.2, 0.25) is 0 Å². The monoisotopic (exact) mass is 333 g/mol. The van der Waals surface area contributed by atoms with Crippen LogP contribution in [0.1, 0.15) is 41.9 Å². The van der Waals surface area contributed by atoms with Crippen molar-refractivity contribution in [1.29, 1.82) is 0 Å². The molecule has 2 aromatic rings. The highest BCUT2D eigenvalue weighted by Gasteiger charge is 2.28. The molecule has 0 spiro atoms. The molecule has 0 saturated heterocycles. The lowest BCUT2D eigenvalue weighted by Crippen LogP contribution is -2.43. The number of amides is 1. The van der Waals surface area contributed by atoms with Crippen LogP contribution >= 0.6 is 0 Å². The minimum atomic E-state index is -0.533. The zero-order valence-corrected chi connectivity index (χ0v) is 13.5. The molecule has 1 amide bonds. The number of pyridine rings is 1. The first-order valence-electron chi connectivity index (χ1n) is 8.06. The van der Waals surface area contributed by atoms with Crippen molar-refractivity contribution < 1.29 is 9.18 Å². The summed E-state index contributed by atoms with van der Waals surface area (Å²) in [6.45, 7) is 0. The van der Waals surface area contributed by atoms with Gasteiger partial charge >= 0.3 is 5.69 Å². The second-order valence-electron chi connectivity index (χ2n) is 6.22. The number of hydrogen-bond acceptors (Lipinski definition) is 4. The molecule has 0 unspecified atom stereocenters. The number of aromatic nitrogens is 4. The smallest absolute Gasteiger partial charge is 0.343 e. The number of carbonyl (C=O) groups is 1. The van der Waals surface area contributed by atoms with Crippen LogP contribution in [0.25, 0.3) is 0 Å². The molecule has 7 nitrogen and oxygen atoms in total. The maximum Gasteiger partial charge on any atom is 0.343 e. The van der Waals surface area contributed by atoms with E-state index in [0.29, 0.717) is 12.2 Å². The summed E-state index contributed by atoms with van der Waals surface area (Å²) in [7, 11) is 1.68. The molecule has 1 saturated carbocycles. The van der Waals surface area contributed by atoms with E-state index in [0.717, 1.165) is 31.9 Å². The van der Waals surface area contributed by atoms with Crippen molar-refractivity contribution in [2.75, 3.05) is 0 Å². The summed E-state index contributed by atoms with van der Waals surface area (Å²) in [5.41, 5.74) is -0.0290. The van der Waals surface area contributed by atoms with E-state index >= 15 is 0 Å². The van der Waals surface area contributed by atoms with Gasteiger partial charge in [-0.15, -0.1) is 0 Å². The summed E-state index contributed by atoms with van der Waals surface area (Å²) < 4.78 is 14.7. The molecular weight excluding hydrogens is 313 g/mol. The van der Waals surface area contributed by atoms with Gasteiger partial charge in [0.15, 0.2) is 0 Å². The molecule has 1 aliphatic carbocycles. The Morgan fingerprint density at radius 3 is 2.92 bits per heavy atom. The van der Waals surface area contributed by atoms with Crippen molar-refractivity contribution in [2.24, 2.45) is 13.0 Å². The Morgan fingerprint density at radius 2 is 2.21 bits per heavy atom. The third kappa shape index (κ3) is 3.52. The van der Waals surface area contributed by atoms with Crippen LogP contribution in [-0.2, 0) is 13.5 Å². The maximum absolute atomic E-state index is 13.2. The topological polar surface area (TPSA) is 92.7 Å². The third-order valence-electron chi connectivity index (χ3n) is 4.61. The Balaban J connectivity index is 1.71. The second kappa shape index (κ2) is 6.94. The van der Waals surface area contributed by atoms with Crippen LogP contribution in [0.5, 0.6) is 0 Å². The molecule has 2 atom stereocenters. The number of carbonyl (C=O) groups excluding carboxylic acids is 1. The van der Waals surface area contributed by atoms with Gasteiger partial charge in [0.2, 0.25) is 0 Å². The number of nitrogens with one attached hydrogen (secondary N) is 2. The average Bonchev–Trinajstić information content (AvgIpc) is 2.88. The molecular formula is C16H20FN5O2. The van der Waals surface area contributed by atoms with E-state index < -0.39 is 5.82 Å². The van der Waals surface area contributed by atoms with Gasteiger partial charge in [0.25, 0.3) is 5.91 Å². The van der Waals surface area contributed by atoms with E-state index in [9.17, 15) is 14.0 Å². The van der Waals surface area contributed by atoms with E-state index in [1.807, 2.05) is 0 Å². The average molecular weight is 333 g/mol. The quantitative estimate of drug-likeness (QED) is 0.878. The summed E-state index contributed by atoms with van der Waals surface area (Å²) in [6, 6.07) is 1.15. The van der Waals surface area contributed by atoms with E-state index in [4.69, 9.17) is 0 Å². The maximum atomic E-state index is 13.2. The third-order valence-corrected chi connectivity index (χ3v) is 4.61. The minimum Gasteiger partial charge on any atom is -0.349 e. The number of rotatable bonds is 4. The first-order chi connectivity index (χ1) is 11.5. The first kappa shape index (κ1) is 16.4. The Labute approximate surface area is 138 Å². The van der Waals surface area contributed by atoms with Crippen LogP contribution < -0.4 is 11.0 Å². The number of H-pyrrole nitrogens is 1. The Kier molecular flexibility index (Phi) is 4.73. The largest absolute Gasteiger partial charge is 0.349 e. The van der Waals surface area contributed by atoms with Crippen LogP contribution in [0.4, 0.5) is 4.39 Å². The summed E-state index contributed by atoms with van der Waals surface area (Å²) in [5.74, 6) is 0.0147. The van der Waals surface area contributed by atoms with Crippen molar-refractivity contribution in [3.8, 4) is 0 Å². The zero-order valence-electron chi connectivity index (χ0n) is 13.5. The Bertz CT molecular complexity index is 785.